The Morgan fingerprint density at radius 2 is 1.62 bits per heavy atom. The Morgan fingerprint density at radius 3 is 2.03 bits per heavy atom. The molecule has 0 aliphatic carbocycles. The number of aliphatic carboxylic acids is 1. The van der Waals surface area contributed by atoms with E-state index in [-0.39, 0.29) is 17.6 Å². The van der Waals surface area contributed by atoms with Crippen LogP contribution in [0.4, 0.5) is 13.2 Å². The van der Waals surface area contributed by atoms with Crippen LogP contribution < -0.4 is 0 Å². The Morgan fingerprint density at radius 1 is 1.10 bits per heavy atom. The Hall–Kier alpha value is -2.77. The average molecular weight is 411 g/mol. The molecular weight excluding hydrogens is 387 g/mol. The molecule has 0 saturated heterocycles. The van der Waals surface area contributed by atoms with Crippen LogP contribution in [0.3, 0.4) is 0 Å². The maximum Gasteiger partial charge on any atom is 0.416 e. The van der Waals surface area contributed by atoms with Crippen molar-refractivity contribution in [2.75, 3.05) is 14.2 Å². The lowest BCUT2D eigenvalue weighted by Crippen LogP contribution is -2.45. The maximum atomic E-state index is 13.1. The minimum atomic E-state index is -4.53. The summed E-state index contributed by atoms with van der Waals surface area (Å²) in [5, 5.41) is 10.1. The van der Waals surface area contributed by atoms with Gasteiger partial charge in [0.05, 0.1) is 29.2 Å². The van der Waals surface area contributed by atoms with E-state index in [4.69, 9.17) is 4.74 Å². The smallest absolute Gasteiger partial charge is 0.416 e. The van der Waals surface area contributed by atoms with Gasteiger partial charge < -0.3 is 14.7 Å². The summed E-state index contributed by atoms with van der Waals surface area (Å²) in [6.45, 7) is 5.11. The van der Waals surface area contributed by atoms with Gasteiger partial charge >= 0.3 is 18.1 Å². The fraction of sp³-hybridized carbons (Fsp3) is 0.429. The van der Waals surface area contributed by atoms with Crippen LogP contribution in [0.5, 0.6) is 0 Å². The minimum Gasteiger partial charge on any atom is -0.478 e. The second kappa shape index (κ2) is 7.93. The number of hydrogen-bond acceptors (Lipinski definition) is 4. The lowest BCUT2D eigenvalue weighted by Gasteiger charge is -2.44. The van der Waals surface area contributed by atoms with E-state index in [1.54, 1.807) is 25.8 Å². The third-order valence-electron chi connectivity index (χ3n) is 5.52. The number of hydrogen-bond donors (Lipinski definition) is 1. The van der Waals surface area contributed by atoms with Crippen molar-refractivity contribution in [1.82, 2.24) is 4.90 Å². The Bertz CT molecular complexity index is 884. The zero-order chi connectivity index (χ0) is 22.1. The van der Waals surface area contributed by atoms with Gasteiger partial charge in [-0.3, -0.25) is 0 Å². The van der Waals surface area contributed by atoms with Gasteiger partial charge in [-0.25, -0.2) is 9.59 Å². The molecule has 0 saturated carbocycles. The van der Waals surface area contributed by atoms with Crippen LogP contribution in [0.15, 0.2) is 46.8 Å². The summed E-state index contributed by atoms with van der Waals surface area (Å²) >= 11 is 0. The quantitative estimate of drug-likeness (QED) is 0.723. The number of rotatable bonds is 5. The SMILES string of the molecule is CCCC1(c2ccc(C(F)(F)F)cc2)C(C(=O)O)=C(C)N(C)C(C)=C1C(=O)OC. The molecule has 1 unspecified atom stereocenters. The number of benzene rings is 1. The van der Waals surface area contributed by atoms with E-state index in [1.165, 1.54) is 19.2 Å². The molecule has 1 aliphatic rings. The number of ether oxygens (including phenoxy) is 1. The highest BCUT2D eigenvalue weighted by Crippen LogP contribution is 2.50. The van der Waals surface area contributed by atoms with Crippen LogP contribution in [0, 0.1) is 0 Å². The molecule has 1 aliphatic heterocycles. The number of carbonyl (C=O) groups is 2. The number of nitrogens with zero attached hydrogens (tertiary/aromatic N) is 1. The monoisotopic (exact) mass is 411 g/mol. The first kappa shape index (κ1) is 22.5. The van der Waals surface area contributed by atoms with Crippen molar-refractivity contribution in [3.05, 3.63) is 57.9 Å². The third kappa shape index (κ3) is 3.63. The van der Waals surface area contributed by atoms with Gasteiger partial charge in [0.2, 0.25) is 0 Å². The van der Waals surface area contributed by atoms with E-state index in [0.717, 1.165) is 12.1 Å². The van der Waals surface area contributed by atoms with Crippen LogP contribution >= 0.6 is 0 Å². The molecule has 1 N–H and O–H groups in total. The standard InChI is InChI=1S/C21H24F3NO4/c1-6-11-20(14-7-9-15(10-8-14)21(22,23)24)16(18(26)27)12(2)25(4)13(3)17(20)19(28)29-5/h7-10H,6,11H2,1-5H3,(H,26,27). The molecule has 29 heavy (non-hydrogen) atoms. The van der Waals surface area contributed by atoms with Gasteiger partial charge in [-0.15, -0.1) is 0 Å². The fourth-order valence-corrected chi connectivity index (χ4v) is 4.09. The molecule has 0 aromatic heterocycles. The first-order valence-electron chi connectivity index (χ1n) is 9.09. The van der Waals surface area contributed by atoms with Gasteiger partial charge in [0.15, 0.2) is 0 Å². The number of methoxy groups -OCH3 is 1. The summed E-state index contributed by atoms with van der Waals surface area (Å²) < 4.78 is 44.1. The maximum absolute atomic E-state index is 13.1. The number of allylic oxidation sites excluding steroid dienone is 2. The van der Waals surface area contributed by atoms with Gasteiger partial charge in [-0.05, 0) is 38.0 Å². The molecule has 0 spiro atoms. The van der Waals surface area contributed by atoms with Crippen molar-refractivity contribution in [3.8, 4) is 0 Å². The molecular formula is C21H24F3NO4. The van der Waals surface area contributed by atoms with Crippen LogP contribution in [0.25, 0.3) is 0 Å². The largest absolute Gasteiger partial charge is 0.478 e. The molecule has 0 fully saturated rings. The average Bonchev–Trinajstić information content (AvgIpc) is 2.65. The van der Waals surface area contributed by atoms with E-state index >= 15 is 0 Å². The van der Waals surface area contributed by atoms with Crippen molar-refractivity contribution in [1.29, 1.82) is 0 Å². The first-order chi connectivity index (χ1) is 13.4. The third-order valence-corrected chi connectivity index (χ3v) is 5.52. The van der Waals surface area contributed by atoms with Crippen LogP contribution in [0.1, 0.15) is 44.7 Å². The topological polar surface area (TPSA) is 66.8 Å². The molecule has 0 bridgehead atoms. The molecule has 0 amide bonds. The molecule has 1 atom stereocenters. The highest BCUT2D eigenvalue weighted by atomic mass is 19.4. The normalized spacial score (nSPS) is 20.2. The van der Waals surface area contributed by atoms with Crippen molar-refractivity contribution in [3.63, 3.8) is 0 Å². The number of carbonyl (C=O) groups excluding carboxylic acids is 1. The number of carboxylic acids is 1. The van der Waals surface area contributed by atoms with E-state index in [2.05, 4.69) is 0 Å². The summed E-state index contributed by atoms with van der Waals surface area (Å²) in [5.74, 6) is -1.95. The van der Waals surface area contributed by atoms with Gasteiger partial charge in [-0.1, -0.05) is 25.5 Å². The zero-order valence-corrected chi connectivity index (χ0v) is 17.0. The first-order valence-corrected chi connectivity index (χ1v) is 9.09. The number of carboxylic acid groups (broad SMARTS) is 1. The second-order valence-corrected chi connectivity index (χ2v) is 7.01. The molecule has 5 nitrogen and oxygen atoms in total. The van der Waals surface area contributed by atoms with Crippen molar-refractivity contribution >= 4 is 11.9 Å². The van der Waals surface area contributed by atoms with Gasteiger partial charge in [-0.2, -0.15) is 13.2 Å². The number of halogens is 3. The minimum absolute atomic E-state index is 0.0485. The predicted octanol–water partition coefficient (Wildman–Crippen LogP) is 4.49. The number of esters is 1. The summed E-state index contributed by atoms with van der Waals surface area (Å²) in [4.78, 5) is 26.7. The second-order valence-electron chi connectivity index (χ2n) is 7.01. The highest BCUT2D eigenvalue weighted by molar-refractivity contribution is 6.01. The van der Waals surface area contributed by atoms with Gasteiger partial charge in [0, 0.05) is 18.4 Å². The Labute approximate surface area is 167 Å². The van der Waals surface area contributed by atoms with Gasteiger partial charge in [0.25, 0.3) is 0 Å². The summed E-state index contributed by atoms with van der Waals surface area (Å²) in [7, 11) is 2.83. The highest BCUT2D eigenvalue weighted by Gasteiger charge is 2.51. The predicted molar refractivity (Wildman–Crippen MR) is 101 cm³/mol. The molecule has 1 aromatic carbocycles. The molecule has 1 aromatic rings. The molecule has 158 valence electrons. The summed E-state index contributed by atoms with van der Waals surface area (Å²) in [6.07, 6.45) is -3.82. The zero-order valence-electron chi connectivity index (χ0n) is 17.0. The Balaban J connectivity index is 2.93. The van der Waals surface area contributed by atoms with Crippen LogP contribution in [-0.4, -0.2) is 36.1 Å². The van der Waals surface area contributed by atoms with E-state index in [1.807, 2.05) is 6.92 Å². The number of alkyl halides is 3. The molecule has 8 heteroatoms. The summed E-state index contributed by atoms with van der Waals surface area (Å²) in [5.41, 5.74) is -1.00. The molecule has 0 radical (unpaired) electrons. The fourth-order valence-electron chi connectivity index (χ4n) is 4.09. The lowest BCUT2D eigenvalue weighted by molar-refractivity contribution is -0.139. The summed E-state index contributed by atoms with van der Waals surface area (Å²) in [6, 6.07) is 4.31. The van der Waals surface area contributed by atoms with Crippen LogP contribution in [0.2, 0.25) is 0 Å². The van der Waals surface area contributed by atoms with Gasteiger partial charge in [0.1, 0.15) is 0 Å². The van der Waals surface area contributed by atoms with E-state index in [9.17, 15) is 27.9 Å². The van der Waals surface area contributed by atoms with Crippen LogP contribution in [-0.2, 0) is 25.9 Å². The molecule has 2 rings (SSSR count). The van der Waals surface area contributed by atoms with E-state index < -0.39 is 29.1 Å². The van der Waals surface area contributed by atoms with Crippen molar-refractivity contribution < 1.29 is 32.6 Å². The molecule has 1 heterocycles. The van der Waals surface area contributed by atoms with Crippen molar-refractivity contribution in [2.24, 2.45) is 0 Å². The Kier molecular flexibility index (Phi) is 6.15. The van der Waals surface area contributed by atoms with Crippen molar-refractivity contribution in [2.45, 2.75) is 45.2 Å². The lowest BCUT2D eigenvalue weighted by atomic mass is 9.63. The van der Waals surface area contributed by atoms with E-state index in [0.29, 0.717) is 23.4 Å².